The lowest BCUT2D eigenvalue weighted by Gasteiger charge is -2.01. The Hall–Kier alpha value is -3.15. The Morgan fingerprint density at radius 3 is 2.48 bits per heavy atom. The molecule has 0 aliphatic heterocycles. The average molecular weight is 283 g/mol. The first-order valence-corrected chi connectivity index (χ1v) is 6.09. The Morgan fingerprint density at radius 2 is 1.81 bits per heavy atom. The minimum atomic E-state index is -0.653. The summed E-state index contributed by atoms with van der Waals surface area (Å²) in [5, 5.41) is 11.3. The molecule has 6 heteroatoms. The molecule has 0 fully saturated rings. The van der Waals surface area contributed by atoms with E-state index in [4.69, 9.17) is 9.15 Å². The van der Waals surface area contributed by atoms with Gasteiger partial charge < -0.3 is 9.15 Å². The molecule has 0 bridgehead atoms. The third-order valence-corrected chi connectivity index (χ3v) is 2.88. The summed E-state index contributed by atoms with van der Waals surface area (Å²) in [7, 11) is 0. The zero-order valence-electron chi connectivity index (χ0n) is 10.7. The lowest BCUT2D eigenvalue weighted by atomic mass is 10.2. The van der Waals surface area contributed by atoms with E-state index in [2.05, 4.69) is 0 Å². The molecule has 0 unspecified atom stereocenters. The Morgan fingerprint density at radius 1 is 1.10 bits per heavy atom. The zero-order valence-corrected chi connectivity index (χ0v) is 10.7. The molecule has 0 atom stereocenters. The highest BCUT2D eigenvalue weighted by atomic mass is 16.6. The summed E-state index contributed by atoms with van der Waals surface area (Å²) in [6.07, 6.45) is 0. The maximum atomic E-state index is 12.0. The van der Waals surface area contributed by atoms with Crippen LogP contribution in [0.4, 0.5) is 5.69 Å². The van der Waals surface area contributed by atoms with Gasteiger partial charge in [-0.1, -0.05) is 18.2 Å². The van der Waals surface area contributed by atoms with Crippen molar-refractivity contribution >= 4 is 22.6 Å². The number of carbonyl (C=O) groups excluding carboxylic acids is 1. The number of hydrogen-bond acceptors (Lipinski definition) is 5. The van der Waals surface area contributed by atoms with Gasteiger partial charge in [0, 0.05) is 17.5 Å². The SMILES string of the molecule is O=C(Oc1ccc([N+](=O)[O-])cc1)c1cc2ccccc2o1. The molecule has 0 aliphatic rings. The molecule has 0 N–H and O–H groups in total. The minimum absolute atomic E-state index is 0.0708. The van der Waals surface area contributed by atoms with Crippen molar-refractivity contribution < 1.29 is 18.9 Å². The van der Waals surface area contributed by atoms with Gasteiger partial charge in [-0.15, -0.1) is 0 Å². The maximum absolute atomic E-state index is 12.0. The van der Waals surface area contributed by atoms with Gasteiger partial charge in [-0.2, -0.15) is 0 Å². The van der Waals surface area contributed by atoms with Gasteiger partial charge in [0.2, 0.25) is 5.76 Å². The van der Waals surface area contributed by atoms with E-state index in [0.717, 1.165) is 5.39 Å². The number of furan rings is 1. The van der Waals surface area contributed by atoms with E-state index in [1.54, 1.807) is 18.2 Å². The summed E-state index contributed by atoms with van der Waals surface area (Å²) in [6.45, 7) is 0. The number of ether oxygens (including phenoxy) is 1. The van der Waals surface area contributed by atoms with Crippen molar-refractivity contribution in [2.45, 2.75) is 0 Å². The highest BCUT2D eigenvalue weighted by Gasteiger charge is 2.15. The van der Waals surface area contributed by atoms with Crippen molar-refractivity contribution in [2.24, 2.45) is 0 Å². The minimum Gasteiger partial charge on any atom is -0.449 e. The molecule has 0 aliphatic carbocycles. The Kier molecular flexibility index (Phi) is 3.12. The van der Waals surface area contributed by atoms with Crippen molar-refractivity contribution in [3.8, 4) is 5.75 Å². The normalized spacial score (nSPS) is 10.5. The molecule has 3 rings (SSSR count). The summed E-state index contributed by atoms with van der Waals surface area (Å²) in [4.78, 5) is 22.0. The fourth-order valence-electron chi connectivity index (χ4n) is 1.88. The van der Waals surface area contributed by atoms with Crippen molar-refractivity contribution in [1.29, 1.82) is 0 Å². The smallest absolute Gasteiger partial charge is 0.379 e. The van der Waals surface area contributed by atoms with Crippen LogP contribution in [-0.2, 0) is 0 Å². The number of hydrogen-bond donors (Lipinski definition) is 0. The summed E-state index contributed by atoms with van der Waals surface area (Å²) in [5.74, 6) is -0.360. The molecule has 1 heterocycles. The summed E-state index contributed by atoms with van der Waals surface area (Å²) in [5.41, 5.74) is 0.520. The number of nitrogens with zero attached hydrogens (tertiary/aromatic N) is 1. The first-order valence-electron chi connectivity index (χ1n) is 6.09. The molecule has 0 saturated carbocycles. The fourth-order valence-corrected chi connectivity index (χ4v) is 1.88. The predicted molar refractivity (Wildman–Crippen MR) is 74.3 cm³/mol. The molecule has 6 nitrogen and oxygen atoms in total. The van der Waals surface area contributed by atoms with Crippen LogP contribution < -0.4 is 4.74 Å². The van der Waals surface area contributed by atoms with Gasteiger partial charge in [-0.05, 0) is 24.3 Å². The number of fused-ring (bicyclic) bond motifs is 1. The number of nitro benzene ring substituents is 1. The quantitative estimate of drug-likeness (QED) is 0.317. The van der Waals surface area contributed by atoms with E-state index < -0.39 is 10.9 Å². The van der Waals surface area contributed by atoms with E-state index >= 15 is 0 Å². The Labute approximate surface area is 118 Å². The van der Waals surface area contributed by atoms with Gasteiger partial charge in [-0.25, -0.2) is 4.79 Å². The number of benzene rings is 2. The van der Waals surface area contributed by atoms with Crippen molar-refractivity contribution in [1.82, 2.24) is 0 Å². The van der Waals surface area contributed by atoms with Gasteiger partial charge in [0.05, 0.1) is 4.92 Å². The first kappa shape index (κ1) is 12.9. The number of para-hydroxylation sites is 1. The van der Waals surface area contributed by atoms with E-state index in [9.17, 15) is 14.9 Å². The van der Waals surface area contributed by atoms with E-state index in [-0.39, 0.29) is 17.2 Å². The topological polar surface area (TPSA) is 82.6 Å². The van der Waals surface area contributed by atoms with Crippen molar-refractivity contribution in [3.63, 3.8) is 0 Å². The van der Waals surface area contributed by atoms with E-state index in [0.29, 0.717) is 5.58 Å². The molecule has 0 amide bonds. The van der Waals surface area contributed by atoms with Crippen LogP contribution in [0.25, 0.3) is 11.0 Å². The summed E-state index contributed by atoms with van der Waals surface area (Å²) < 4.78 is 10.5. The molecular weight excluding hydrogens is 274 g/mol. The Balaban J connectivity index is 1.80. The fraction of sp³-hybridized carbons (Fsp3) is 0. The molecule has 2 aromatic carbocycles. The molecule has 0 saturated heterocycles. The van der Waals surface area contributed by atoms with E-state index in [1.807, 2.05) is 12.1 Å². The van der Waals surface area contributed by atoms with Crippen LogP contribution in [0.5, 0.6) is 5.75 Å². The van der Waals surface area contributed by atoms with Crippen LogP contribution in [0.3, 0.4) is 0 Å². The molecule has 0 spiro atoms. The maximum Gasteiger partial charge on any atom is 0.379 e. The predicted octanol–water partition coefficient (Wildman–Crippen LogP) is 3.56. The standard InChI is InChI=1S/C15H9NO5/c17-15(14-9-10-3-1-2-4-13(10)21-14)20-12-7-5-11(6-8-12)16(18)19/h1-9H. The van der Waals surface area contributed by atoms with Crippen LogP contribution >= 0.6 is 0 Å². The molecule has 21 heavy (non-hydrogen) atoms. The first-order chi connectivity index (χ1) is 10.1. The van der Waals surface area contributed by atoms with Crippen molar-refractivity contribution in [3.05, 3.63) is 70.5 Å². The van der Waals surface area contributed by atoms with Gasteiger partial charge in [0.1, 0.15) is 11.3 Å². The average Bonchev–Trinajstić information content (AvgIpc) is 2.92. The van der Waals surface area contributed by atoms with Crippen LogP contribution in [0.2, 0.25) is 0 Å². The van der Waals surface area contributed by atoms with Crippen LogP contribution in [0, 0.1) is 10.1 Å². The largest absolute Gasteiger partial charge is 0.449 e. The molecule has 1 aromatic heterocycles. The number of nitro groups is 1. The number of non-ortho nitro benzene ring substituents is 1. The highest BCUT2D eigenvalue weighted by molar-refractivity contribution is 5.93. The van der Waals surface area contributed by atoms with Gasteiger partial charge in [-0.3, -0.25) is 10.1 Å². The number of rotatable bonds is 3. The van der Waals surface area contributed by atoms with Gasteiger partial charge in [0.25, 0.3) is 5.69 Å². The molecule has 104 valence electrons. The monoisotopic (exact) mass is 283 g/mol. The third kappa shape index (κ3) is 2.59. The molecule has 3 aromatic rings. The zero-order chi connectivity index (χ0) is 14.8. The second-order valence-corrected chi connectivity index (χ2v) is 4.29. The van der Waals surface area contributed by atoms with Crippen molar-refractivity contribution in [2.75, 3.05) is 0 Å². The molecule has 0 radical (unpaired) electrons. The van der Waals surface area contributed by atoms with Crippen LogP contribution in [-0.4, -0.2) is 10.9 Å². The summed E-state index contributed by atoms with van der Waals surface area (Å²) in [6, 6.07) is 14.0. The van der Waals surface area contributed by atoms with Gasteiger partial charge in [0.15, 0.2) is 0 Å². The highest BCUT2D eigenvalue weighted by Crippen LogP contribution is 2.22. The molecular formula is C15H9NO5. The lowest BCUT2D eigenvalue weighted by molar-refractivity contribution is -0.384. The summed E-state index contributed by atoms with van der Waals surface area (Å²) >= 11 is 0. The third-order valence-electron chi connectivity index (χ3n) is 2.88. The second-order valence-electron chi connectivity index (χ2n) is 4.29. The van der Waals surface area contributed by atoms with Crippen LogP contribution in [0.1, 0.15) is 10.6 Å². The Bertz CT molecular complexity index is 786. The number of carbonyl (C=O) groups is 1. The van der Waals surface area contributed by atoms with Gasteiger partial charge >= 0.3 is 5.97 Å². The van der Waals surface area contributed by atoms with Crippen LogP contribution in [0.15, 0.2) is 59.0 Å². The lowest BCUT2D eigenvalue weighted by Crippen LogP contribution is -2.07. The second kappa shape index (κ2) is 5.09. The number of esters is 1. The van der Waals surface area contributed by atoms with E-state index in [1.165, 1.54) is 24.3 Å².